The molecule has 2 amide bonds. The van der Waals surface area contributed by atoms with Crippen LogP contribution in [0.15, 0.2) is 53.9 Å². The van der Waals surface area contributed by atoms with Crippen LogP contribution in [0.4, 0.5) is 9.93 Å². The largest absolute Gasteiger partial charge is 0.479 e. The number of aromatic nitrogens is 1. The molecule has 2 aliphatic rings. The second-order valence-electron chi connectivity index (χ2n) is 8.60. The molecule has 2 N–H and O–H groups in total. The fraction of sp³-hybridized carbons (Fsp3) is 0.280. The van der Waals surface area contributed by atoms with E-state index in [0.717, 1.165) is 33.6 Å². The number of carboxylic acid groups (broad SMARTS) is 1. The van der Waals surface area contributed by atoms with Crippen molar-refractivity contribution in [2.24, 2.45) is 0 Å². The average Bonchev–Trinajstić information content (AvgIpc) is 3.45. The van der Waals surface area contributed by atoms with Gasteiger partial charge in [-0.25, -0.2) is 14.6 Å². The molecule has 1 aromatic heterocycles. The fourth-order valence-corrected chi connectivity index (χ4v) is 5.16. The summed E-state index contributed by atoms with van der Waals surface area (Å²) >= 11 is 1.09. The van der Waals surface area contributed by atoms with Crippen molar-refractivity contribution in [1.29, 1.82) is 0 Å². The highest BCUT2D eigenvalue weighted by atomic mass is 32.1. The van der Waals surface area contributed by atoms with Crippen molar-refractivity contribution in [3.05, 3.63) is 70.7 Å². The summed E-state index contributed by atoms with van der Waals surface area (Å²) in [6, 6.07) is 16.1. The Morgan fingerprint density at radius 2 is 1.83 bits per heavy atom. The molecular formula is C25H23N3O6S. The highest BCUT2D eigenvalue weighted by Gasteiger charge is 2.41. The van der Waals surface area contributed by atoms with Crippen molar-refractivity contribution in [3.8, 4) is 11.1 Å². The van der Waals surface area contributed by atoms with Crippen molar-refractivity contribution in [2.75, 3.05) is 31.6 Å². The third-order valence-corrected chi connectivity index (χ3v) is 7.05. The standard InChI is InChI=1S/C25H23N3O6S/c1-25(22(30)31)14-28(10-11-34-25)21(29)20-13-35-23(26-20)27-24(32)33-12-19-17-8-4-2-6-15(17)16-7-3-5-9-18(16)19/h2-9,13,19H,10-12,14H2,1H3,(H,30,31)(H,26,27,32). The van der Waals surface area contributed by atoms with Crippen LogP contribution in [-0.2, 0) is 14.3 Å². The van der Waals surface area contributed by atoms with Crippen molar-refractivity contribution in [1.82, 2.24) is 9.88 Å². The molecule has 1 aliphatic heterocycles. The lowest BCUT2D eigenvalue weighted by atomic mass is 9.98. The Balaban J connectivity index is 1.21. The molecule has 1 atom stereocenters. The number of ether oxygens (including phenoxy) is 2. The second kappa shape index (κ2) is 9.12. The van der Waals surface area contributed by atoms with E-state index in [-0.39, 0.29) is 43.0 Å². The quantitative estimate of drug-likeness (QED) is 0.555. The Hall–Kier alpha value is -3.76. The van der Waals surface area contributed by atoms with Gasteiger partial charge in [-0.1, -0.05) is 48.5 Å². The first kappa shape index (κ1) is 23.0. The Morgan fingerprint density at radius 3 is 2.49 bits per heavy atom. The number of aliphatic carboxylic acids is 1. The van der Waals surface area contributed by atoms with Gasteiger partial charge < -0.3 is 19.5 Å². The van der Waals surface area contributed by atoms with Gasteiger partial charge in [0.05, 0.1) is 13.2 Å². The molecular weight excluding hydrogens is 470 g/mol. The summed E-state index contributed by atoms with van der Waals surface area (Å²) in [7, 11) is 0. The van der Waals surface area contributed by atoms with Crippen LogP contribution in [0.5, 0.6) is 0 Å². The van der Waals surface area contributed by atoms with Crippen molar-refractivity contribution in [2.45, 2.75) is 18.4 Å². The first-order valence-electron chi connectivity index (χ1n) is 11.1. The van der Waals surface area contributed by atoms with E-state index in [4.69, 9.17) is 9.47 Å². The molecule has 1 fully saturated rings. The monoisotopic (exact) mass is 493 g/mol. The smallest absolute Gasteiger partial charge is 0.413 e. The second-order valence-corrected chi connectivity index (χ2v) is 9.46. The lowest BCUT2D eigenvalue weighted by Crippen LogP contribution is -2.56. The molecule has 10 heteroatoms. The number of hydrogen-bond acceptors (Lipinski definition) is 7. The fourth-order valence-electron chi connectivity index (χ4n) is 4.49. The topological polar surface area (TPSA) is 118 Å². The predicted molar refractivity (Wildman–Crippen MR) is 129 cm³/mol. The number of carbonyl (C=O) groups is 3. The summed E-state index contributed by atoms with van der Waals surface area (Å²) in [5.41, 5.74) is 3.17. The molecule has 1 unspecified atom stereocenters. The van der Waals surface area contributed by atoms with E-state index in [1.165, 1.54) is 17.2 Å². The van der Waals surface area contributed by atoms with E-state index in [1.54, 1.807) is 0 Å². The van der Waals surface area contributed by atoms with E-state index in [9.17, 15) is 19.5 Å². The number of nitrogens with zero attached hydrogens (tertiary/aromatic N) is 2. The Morgan fingerprint density at radius 1 is 1.17 bits per heavy atom. The van der Waals surface area contributed by atoms with Gasteiger partial charge in [0, 0.05) is 17.8 Å². The SMILES string of the molecule is CC1(C(=O)O)CN(C(=O)c2csc(NC(=O)OCC3c4ccccc4-c4ccccc43)n2)CCO1. The highest BCUT2D eigenvalue weighted by Crippen LogP contribution is 2.44. The Bertz CT molecular complexity index is 1260. The number of fused-ring (bicyclic) bond motifs is 3. The molecule has 0 bridgehead atoms. The van der Waals surface area contributed by atoms with Gasteiger partial charge in [-0.3, -0.25) is 10.1 Å². The van der Waals surface area contributed by atoms with Crippen LogP contribution in [0.3, 0.4) is 0 Å². The van der Waals surface area contributed by atoms with Gasteiger partial charge in [-0.15, -0.1) is 11.3 Å². The normalized spacial score (nSPS) is 19.1. The van der Waals surface area contributed by atoms with Gasteiger partial charge in [0.25, 0.3) is 5.91 Å². The van der Waals surface area contributed by atoms with Crippen LogP contribution in [-0.4, -0.2) is 64.9 Å². The molecule has 1 saturated heterocycles. The van der Waals surface area contributed by atoms with E-state index >= 15 is 0 Å². The Kier molecular flexibility index (Phi) is 6.00. The maximum Gasteiger partial charge on any atom is 0.413 e. The highest BCUT2D eigenvalue weighted by molar-refractivity contribution is 7.14. The number of anilines is 1. The number of nitrogens with one attached hydrogen (secondary N) is 1. The molecule has 180 valence electrons. The number of carboxylic acids is 1. The van der Waals surface area contributed by atoms with E-state index in [1.807, 2.05) is 36.4 Å². The molecule has 2 heterocycles. The number of amides is 2. The zero-order valence-corrected chi connectivity index (χ0v) is 19.7. The summed E-state index contributed by atoms with van der Waals surface area (Å²) in [4.78, 5) is 42.4. The van der Waals surface area contributed by atoms with Crippen LogP contribution in [0.2, 0.25) is 0 Å². The first-order valence-corrected chi connectivity index (χ1v) is 12.0. The lowest BCUT2D eigenvalue weighted by molar-refractivity contribution is -0.171. The molecule has 5 rings (SSSR count). The zero-order chi connectivity index (χ0) is 24.6. The predicted octanol–water partition coefficient (Wildman–Crippen LogP) is 3.82. The number of benzene rings is 2. The molecule has 3 aromatic rings. The minimum atomic E-state index is -1.47. The maximum atomic E-state index is 12.8. The number of rotatable bonds is 5. The van der Waals surface area contributed by atoms with Crippen LogP contribution < -0.4 is 5.32 Å². The average molecular weight is 494 g/mol. The number of carbonyl (C=O) groups excluding carboxylic acids is 2. The van der Waals surface area contributed by atoms with Crippen LogP contribution in [0, 0.1) is 0 Å². The minimum absolute atomic E-state index is 0.0635. The summed E-state index contributed by atoms with van der Waals surface area (Å²) in [5, 5.41) is 13.7. The van der Waals surface area contributed by atoms with Crippen molar-refractivity contribution < 1.29 is 29.0 Å². The molecule has 35 heavy (non-hydrogen) atoms. The summed E-state index contributed by atoms with van der Waals surface area (Å²) in [5.74, 6) is -1.62. The number of hydrogen-bond donors (Lipinski definition) is 2. The van der Waals surface area contributed by atoms with Gasteiger partial charge in [0.1, 0.15) is 12.3 Å². The van der Waals surface area contributed by atoms with Crippen LogP contribution >= 0.6 is 11.3 Å². The summed E-state index contributed by atoms with van der Waals surface area (Å²) in [6.07, 6.45) is -0.662. The van der Waals surface area contributed by atoms with Gasteiger partial charge in [0.2, 0.25) is 0 Å². The zero-order valence-electron chi connectivity index (χ0n) is 18.9. The van der Waals surface area contributed by atoms with Gasteiger partial charge >= 0.3 is 12.1 Å². The van der Waals surface area contributed by atoms with E-state index in [0.29, 0.717) is 0 Å². The molecule has 0 radical (unpaired) electrons. The van der Waals surface area contributed by atoms with E-state index < -0.39 is 23.6 Å². The van der Waals surface area contributed by atoms with Gasteiger partial charge in [0.15, 0.2) is 10.7 Å². The first-order chi connectivity index (χ1) is 16.9. The molecule has 9 nitrogen and oxygen atoms in total. The lowest BCUT2D eigenvalue weighted by Gasteiger charge is -2.37. The number of morpholine rings is 1. The Labute approximate surface area is 205 Å². The van der Waals surface area contributed by atoms with Crippen LogP contribution in [0.25, 0.3) is 11.1 Å². The van der Waals surface area contributed by atoms with Gasteiger partial charge in [-0.05, 0) is 29.2 Å². The molecule has 1 aliphatic carbocycles. The van der Waals surface area contributed by atoms with Gasteiger partial charge in [-0.2, -0.15) is 0 Å². The van der Waals surface area contributed by atoms with Crippen LogP contribution in [0.1, 0.15) is 34.5 Å². The third-order valence-electron chi connectivity index (χ3n) is 6.29. The number of thiazole rings is 1. The minimum Gasteiger partial charge on any atom is -0.479 e. The molecule has 0 spiro atoms. The molecule has 0 saturated carbocycles. The third kappa shape index (κ3) is 4.38. The summed E-state index contributed by atoms with van der Waals surface area (Å²) in [6.45, 7) is 1.88. The summed E-state index contributed by atoms with van der Waals surface area (Å²) < 4.78 is 10.9. The molecule has 2 aromatic carbocycles. The van der Waals surface area contributed by atoms with Crippen molar-refractivity contribution in [3.63, 3.8) is 0 Å². The van der Waals surface area contributed by atoms with Crippen molar-refractivity contribution >= 4 is 34.4 Å². The maximum absolute atomic E-state index is 12.8. The van der Waals surface area contributed by atoms with E-state index in [2.05, 4.69) is 22.4 Å².